The second-order valence-corrected chi connectivity index (χ2v) is 7.04. The van der Waals surface area contributed by atoms with E-state index in [1.54, 1.807) is 42.5 Å². The van der Waals surface area contributed by atoms with E-state index >= 15 is 0 Å². The van der Waals surface area contributed by atoms with Gasteiger partial charge < -0.3 is 24.5 Å². The Morgan fingerprint density at radius 2 is 1.87 bits per heavy atom. The Bertz CT molecular complexity index is 1060. The number of aromatic nitrogens is 2. The van der Waals surface area contributed by atoms with Gasteiger partial charge in [-0.1, -0.05) is 28.5 Å². The van der Waals surface area contributed by atoms with Crippen molar-refractivity contribution in [3.05, 3.63) is 53.1 Å². The second-order valence-electron chi connectivity index (χ2n) is 5.68. The number of carbonyl (C=O) groups is 1. The molecule has 9 nitrogen and oxygen atoms in total. The minimum absolute atomic E-state index is 0.0112. The van der Waals surface area contributed by atoms with Crippen LogP contribution in [0.4, 0.5) is 0 Å². The average Bonchev–Trinajstić information content (AvgIpc) is 3.25. The van der Waals surface area contributed by atoms with Gasteiger partial charge in [0.2, 0.25) is 5.89 Å². The van der Waals surface area contributed by atoms with Crippen LogP contribution >= 0.6 is 23.4 Å². The molecule has 1 heterocycles. The Labute approximate surface area is 181 Å². The molecule has 3 aromatic rings. The summed E-state index contributed by atoms with van der Waals surface area (Å²) in [6.07, 6.45) is 0. The van der Waals surface area contributed by atoms with Crippen LogP contribution in [-0.4, -0.2) is 42.0 Å². The van der Waals surface area contributed by atoms with Gasteiger partial charge in [0.1, 0.15) is 5.75 Å². The Morgan fingerprint density at radius 1 is 1.13 bits per heavy atom. The van der Waals surface area contributed by atoms with E-state index in [0.717, 1.165) is 11.8 Å². The van der Waals surface area contributed by atoms with Crippen LogP contribution in [0.2, 0.25) is 5.02 Å². The zero-order chi connectivity index (χ0) is 21.5. The maximum atomic E-state index is 11.9. The number of methoxy groups -OCH3 is 2. The van der Waals surface area contributed by atoms with Crippen molar-refractivity contribution >= 4 is 35.2 Å². The second kappa shape index (κ2) is 9.99. The molecule has 3 rings (SSSR count). The summed E-state index contributed by atoms with van der Waals surface area (Å²) in [6.45, 7) is 0. The van der Waals surface area contributed by atoms with Gasteiger partial charge in [-0.15, -0.1) is 10.2 Å². The van der Waals surface area contributed by atoms with Gasteiger partial charge in [0.15, 0.2) is 17.3 Å². The Kier molecular flexibility index (Phi) is 7.15. The monoisotopic (exact) mass is 448 g/mol. The van der Waals surface area contributed by atoms with Crippen LogP contribution in [0.25, 0.3) is 11.5 Å². The topological polar surface area (TPSA) is 122 Å². The Morgan fingerprint density at radius 3 is 2.57 bits per heavy atom. The molecule has 0 fully saturated rings. The lowest BCUT2D eigenvalue weighted by molar-refractivity contribution is -0.140. The third-order valence-electron chi connectivity index (χ3n) is 3.74. The molecule has 0 aliphatic rings. The van der Waals surface area contributed by atoms with Crippen molar-refractivity contribution in [3.63, 3.8) is 0 Å². The molecular formula is C19H17ClN4O5S. The van der Waals surface area contributed by atoms with Crippen molar-refractivity contribution in [1.82, 2.24) is 10.2 Å². The minimum atomic E-state index is -0.630. The highest BCUT2D eigenvalue weighted by atomic mass is 35.5. The lowest BCUT2D eigenvalue weighted by Gasteiger charge is -2.08. The van der Waals surface area contributed by atoms with Crippen molar-refractivity contribution in [3.8, 4) is 23.0 Å². The van der Waals surface area contributed by atoms with E-state index in [9.17, 15) is 4.79 Å². The highest BCUT2D eigenvalue weighted by Crippen LogP contribution is 2.27. The summed E-state index contributed by atoms with van der Waals surface area (Å²) in [4.78, 5) is 16.8. The van der Waals surface area contributed by atoms with Crippen molar-refractivity contribution in [2.75, 3.05) is 20.0 Å². The molecular weight excluding hydrogens is 432 g/mol. The van der Waals surface area contributed by atoms with E-state index in [4.69, 9.17) is 36.1 Å². The number of benzene rings is 2. The Balaban J connectivity index is 1.55. The summed E-state index contributed by atoms with van der Waals surface area (Å²) in [5.74, 6) is 0.623. The van der Waals surface area contributed by atoms with Crippen LogP contribution < -0.4 is 15.2 Å². The predicted molar refractivity (Wildman–Crippen MR) is 112 cm³/mol. The van der Waals surface area contributed by atoms with E-state index in [-0.39, 0.29) is 16.8 Å². The van der Waals surface area contributed by atoms with Gasteiger partial charge >= 0.3 is 5.97 Å². The fraction of sp³-hybridized carbons (Fsp3) is 0.158. The summed E-state index contributed by atoms with van der Waals surface area (Å²) in [5, 5.41) is 12.3. The zero-order valence-corrected chi connectivity index (χ0v) is 17.6. The number of hydrogen-bond acceptors (Lipinski definition) is 9. The Hall–Kier alpha value is -3.24. The SMILES string of the molecule is COc1ccc(/C(N)=N/OC(=O)CSc2nnc(-c3ccc(Cl)cc3)o2)cc1OC. The third-order valence-corrected chi connectivity index (χ3v) is 4.78. The molecule has 0 spiro atoms. The molecule has 0 atom stereocenters. The summed E-state index contributed by atoms with van der Waals surface area (Å²) in [7, 11) is 3.03. The van der Waals surface area contributed by atoms with Crippen molar-refractivity contribution < 1.29 is 23.5 Å². The maximum absolute atomic E-state index is 11.9. The standard InChI is InChI=1S/C19H17ClN4O5S/c1-26-14-8-5-12(9-15(14)27-2)17(21)24-29-16(25)10-30-19-23-22-18(28-19)11-3-6-13(20)7-4-11/h3-9H,10H2,1-2H3,(H2,21,24). The highest BCUT2D eigenvalue weighted by molar-refractivity contribution is 7.99. The van der Waals surface area contributed by atoms with E-state index in [1.807, 2.05) is 0 Å². The molecule has 0 aliphatic heterocycles. The lowest BCUT2D eigenvalue weighted by atomic mass is 10.2. The zero-order valence-electron chi connectivity index (χ0n) is 16.0. The molecule has 2 aromatic carbocycles. The van der Waals surface area contributed by atoms with Crippen LogP contribution in [0.1, 0.15) is 5.56 Å². The van der Waals surface area contributed by atoms with E-state index in [2.05, 4.69) is 15.4 Å². The molecule has 1 aromatic heterocycles. The van der Waals surface area contributed by atoms with Crippen LogP contribution in [-0.2, 0) is 9.63 Å². The molecule has 0 saturated carbocycles. The summed E-state index contributed by atoms with van der Waals surface area (Å²) in [5.41, 5.74) is 7.09. The van der Waals surface area contributed by atoms with E-state index in [0.29, 0.717) is 33.5 Å². The molecule has 0 radical (unpaired) electrons. The first-order valence-corrected chi connectivity index (χ1v) is 9.84. The smallest absolute Gasteiger partial charge is 0.345 e. The largest absolute Gasteiger partial charge is 0.493 e. The van der Waals surface area contributed by atoms with Crippen LogP contribution in [0, 0.1) is 0 Å². The molecule has 0 aliphatic carbocycles. The van der Waals surface area contributed by atoms with Gasteiger partial charge in [0.25, 0.3) is 5.22 Å². The quantitative estimate of drug-likeness (QED) is 0.181. The normalized spacial score (nSPS) is 11.2. The van der Waals surface area contributed by atoms with Crippen molar-refractivity contribution in [1.29, 1.82) is 0 Å². The molecule has 30 heavy (non-hydrogen) atoms. The summed E-state index contributed by atoms with van der Waals surface area (Å²) < 4.78 is 15.9. The molecule has 0 saturated heterocycles. The number of oxime groups is 1. The van der Waals surface area contributed by atoms with E-state index in [1.165, 1.54) is 14.2 Å². The number of carbonyl (C=O) groups excluding carboxylic acids is 1. The van der Waals surface area contributed by atoms with Gasteiger partial charge in [-0.3, -0.25) is 0 Å². The molecule has 2 N–H and O–H groups in total. The van der Waals surface area contributed by atoms with Gasteiger partial charge in [-0.25, -0.2) is 4.79 Å². The number of amidine groups is 1. The minimum Gasteiger partial charge on any atom is -0.493 e. The molecule has 11 heteroatoms. The first-order chi connectivity index (χ1) is 14.5. The third kappa shape index (κ3) is 5.43. The number of ether oxygens (including phenoxy) is 2. The summed E-state index contributed by atoms with van der Waals surface area (Å²) >= 11 is 6.87. The van der Waals surface area contributed by atoms with E-state index < -0.39 is 5.97 Å². The fourth-order valence-corrected chi connectivity index (χ4v) is 2.93. The number of halogens is 1. The number of nitrogens with zero attached hydrogens (tertiary/aromatic N) is 3. The first kappa shape index (κ1) is 21.5. The average molecular weight is 449 g/mol. The van der Waals surface area contributed by atoms with Crippen LogP contribution in [0.5, 0.6) is 11.5 Å². The van der Waals surface area contributed by atoms with Gasteiger partial charge in [-0.2, -0.15) is 0 Å². The van der Waals surface area contributed by atoms with Crippen molar-refractivity contribution in [2.45, 2.75) is 5.22 Å². The van der Waals surface area contributed by atoms with Gasteiger partial charge in [-0.05, 0) is 42.5 Å². The molecule has 0 amide bonds. The lowest BCUT2D eigenvalue weighted by Crippen LogP contribution is -2.16. The van der Waals surface area contributed by atoms with Gasteiger partial charge in [0, 0.05) is 16.1 Å². The van der Waals surface area contributed by atoms with Crippen molar-refractivity contribution in [2.24, 2.45) is 10.9 Å². The summed E-state index contributed by atoms with van der Waals surface area (Å²) in [6, 6.07) is 11.9. The van der Waals surface area contributed by atoms with Gasteiger partial charge in [0.05, 0.1) is 14.2 Å². The predicted octanol–water partition coefficient (Wildman–Crippen LogP) is 3.36. The number of nitrogens with two attached hydrogens (primary N) is 1. The fourth-order valence-electron chi connectivity index (χ4n) is 2.27. The van der Waals surface area contributed by atoms with Crippen LogP contribution in [0.15, 0.2) is 57.3 Å². The molecule has 0 unspecified atom stereocenters. The number of thioether (sulfide) groups is 1. The molecule has 0 bridgehead atoms. The first-order valence-electron chi connectivity index (χ1n) is 8.48. The molecule has 156 valence electrons. The maximum Gasteiger partial charge on any atom is 0.345 e. The highest BCUT2D eigenvalue weighted by Gasteiger charge is 2.13. The van der Waals surface area contributed by atoms with Crippen LogP contribution in [0.3, 0.4) is 0 Å². The number of hydrogen-bond donors (Lipinski definition) is 1. The number of rotatable bonds is 8.